The lowest BCUT2D eigenvalue weighted by atomic mass is 10.1. The summed E-state index contributed by atoms with van der Waals surface area (Å²) in [6.07, 6.45) is -0.367. The third kappa shape index (κ3) is 3.77. The molecular weight excluding hydrogens is 264 g/mol. The first-order valence-corrected chi connectivity index (χ1v) is 6.90. The van der Waals surface area contributed by atoms with Gasteiger partial charge in [0.15, 0.2) is 0 Å². The van der Waals surface area contributed by atoms with Gasteiger partial charge in [-0.15, -0.1) is 0 Å². The summed E-state index contributed by atoms with van der Waals surface area (Å²) in [5.74, 6) is -2.81. The molecule has 0 aromatic rings. The molecule has 1 aliphatic heterocycles. The van der Waals surface area contributed by atoms with Crippen molar-refractivity contribution >= 4 is 27.8 Å². The Labute approximate surface area is 104 Å². The zero-order valence-electron chi connectivity index (χ0n) is 9.75. The fraction of sp³-hybridized carbons (Fsp3) is 0.667. The van der Waals surface area contributed by atoms with Crippen molar-refractivity contribution in [2.45, 2.75) is 25.3 Å². The van der Waals surface area contributed by atoms with Crippen LogP contribution in [0, 0.1) is 0 Å². The minimum absolute atomic E-state index is 0.0777. The van der Waals surface area contributed by atoms with E-state index in [1.807, 2.05) is 0 Å². The average Bonchev–Trinajstić information content (AvgIpc) is 2.28. The topological polar surface area (TPSA) is 121 Å². The van der Waals surface area contributed by atoms with Crippen LogP contribution in [-0.2, 0) is 24.4 Å². The van der Waals surface area contributed by atoms with Gasteiger partial charge < -0.3 is 5.11 Å². The highest BCUT2D eigenvalue weighted by molar-refractivity contribution is 7.89. The van der Waals surface area contributed by atoms with E-state index >= 15 is 0 Å². The number of hydrogen-bond donors (Lipinski definition) is 2. The predicted octanol–water partition coefficient (Wildman–Crippen LogP) is -1.47. The van der Waals surface area contributed by atoms with Crippen LogP contribution in [0.1, 0.15) is 19.3 Å². The number of carboxylic acid groups (broad SMARTS) is 1. The van der Waals surface area contributed by atoms with Crippen molar-refractivity contribution in [3.63, 3.8) is 0 Å². The Kier molecular flexibility index (Phi) is 4.41. The number of nitrogens with zero attached hydrogens (tertiary/aromatic N) is 1. The van der Waals surface area contributed by atoms with Gasteiger partial charge >= 0.3 is 5.97 Å². The van der Waals surface area contributed by atoms with Crippen molar-refractivity contribution in [2.75, 3.05) is 12.8 Å². The lowest BCUT2D eigenvalue weighted by Gasteiger charge is -2.27. The van der Waals surface area contributed by atoms with E-state index in [0.29, 0.717) is 0 Å². The molecule has 0 aromatic heterocycles. The fourth-order valence-electron chi connectivity index (χ4n) is 1.52. The van der Waals surface area contributed by atoms with Crippen LogP contribution in [0.25, 0.3) is 0 Å². The number of amides is 2. The highest BCUT2D eigenvalue weighted by atomic mass is 32.2. The highest BCUT2D eigenvalue weighted by Gasteiger charge is 2.34. The summed E-state index contributed by atoms with van der Waals surface area (Å²) in [7, 11) is -2.56. The Morgan fingerprint density at radius 3 is 2.67 bits per heavy atom. The van der Waals surface area contributed by atoms with Crippen molar-refractivity contribution in [3.05, 3.63) is 0 Å². The predicted molar refractivity (Wildman–Crippen MR) is 60.0 cm³/mol. The third-order valence-corrected chi connectivity index (χ3v) is 3.94. The van der Waals surface area contributed by atoms with Gasteiger partial charge in [-0.1, -0.05) is 0 Å². The summed E-state index contributed by atoms with van der Waals surface area (Å²) < 4.78 is 25.1. The van der Waals surface area contributed by atoms with Crippen LogP contribution in [0.15, 0.2) is 0 Å². The van der Waals surface area contributed by atoms with Crippen LogP contribution in [-0.4, -0.2) is 55.1 Å². The summed E-state index contributed by atoms with van der Waals surface area (Å²) in [4.78, 5) is 33.9. The lowest BCUT2D eigenvalue weighted by Crippen LogP contribution is -2.53. The van der Waals surface area contributed by atoms with Gasteiger partial charge in [-0.3, -0.25) is 19.3 Å². The van der Waals surface area contributed by atoms with E-state index in [1.54, 1.807) is 0 Å². The van der Waals surface area contributed by atoms with E-state index < -0.39 is 40.1 Å². The number of carbonyl (C=O) groups is 3. The lowest BCUT2D eigenvalue weighted by molar-refractivity contribution is -0.147. The number of piperidine rings is 1. The van der Waals surface area contributed by atoms with Gasteiger partial charge in [-0.05, 0) is 6.42 Å². The van der Waals surface area contributed by atoms with Gasteiger partial charge in [0.2, 0.25) is 21.8 Å². The summed E-state index contributed by atoms with van der Waals surface area (Å²) in [5.41, 5.74) is 0. The molecule has 102 valence electrons. The molecule has 1 rings (SSSR count). The molecule has 9 heteroatoms. The first-order valence-electron chi connectivity index (χ1n) is 5.25. The molecule has 0 radical (unpaired) electrons. The van der Waals surface area contributed by atoms with Gasteiger partial charge in [0.25, 0.3) is 0 Å². The normalized spacial score (nSPS) is 21.2. The van der Waals surface area contributed by atoms with Crippen molar-refractivity contribution in [1.82, 2.24) is 9.62 Å². The molecular formula is C9H14N2O6S. The van der Waals surface area contributed by atoms with Gasteiger partial charge in [0, 0.05) is 13.5 Å². The molecule has 2 amide bonds. The van der Waals surface area contributed by atoms with E-state index in [9.17, 15) is 22.8 Å². The molecule has 18 heavy (non-hydrogen) atoms. The second-order valence-corrected chi connectivity index (χ2v) is 5.84. The molecule has 1 atom stereocenters. The number of nitrogens with one attached hydrogen (secondary N) is 1. The number of imide groups is 1. The standard InChI is InChI=1S/C9H14N2O6S/c1-11-7(12)3-2-6(9(11)15)10-18(16,17)5-4-8(13)14/h6,10H,2-5H2,1H3,(H,13,14). The average molecular weight is 278 g/mol. The molecule has 0 spiro atoms. The first kappa shape index (κ1) is 14.6. The molecule has 0 aliphatic carbocycles. The molecule has 0 aromatic carbocycles. The van der Waals surface area contributed by atoms with Crippen LogP contribution in [0.5, 0.6) is 0 Å². The van der Waals surface area contributed by atoms with Crippen LogP contribution in [0.4, 0.5) is 0 Å². The molecule has 1 unspecified atom stereocenters. The second-order valence-electron chi connectivity index (χ2n) is 3.96. The fourth-order valence-corrected chi connectivity index (χ4v) is 2.74. The number of carbonyl (C=O) groups excluding carboxylic acids is 2. The largest absolute Gasteiger partial charge is 0.481 e. The SMILES string of the molecule is CN1C(=O)CCC(NS(=O)(=O)CCC(=O)O)C1=O. The zero-order chi connectivity index (χ0) is 13.9. The Hall–Kier alpha value is -1.48. The van der Waals surface area contributed by atoms with Gasteiger partial charge in [-0.25, -0.2) is 13.1 Å². The Morgan fingerprint density at radius 1 is 1.50 bits per heavy atom. The van der Waals surface area contributed by atoms with E-state index in [0.717, 1.165) is 4.90 Å². The monoisotopic (exact) mass is 278 g/mol. The van der Waals surface area contributed by atoms with Gasteiger partial charge in [-0.2, -0.15) is 0 Å². The highest BCUT2D eigenvalue weighted by Crippen LogP contribution is 2.12. The Balaban J connectivity index is 2.64. The van der Waals surface area contributed by atoms with Gasteiger partial charge in [0.1, 0.15) is 6.04 Å². The van der Waals surface area contributed by atoms with Crippen molar-refractivity contribution < 1.29 is 27.9 Å². The van der Waals surface area contributed by atoms with Crippen LogP contribution < -0.4 is 4.72 Å². The molecule has 1 aliphatic rings. The molecule has 2 N–H and O–H groups in total. The van der Waals surface area contributed by atoms with Crippen molar-refractivity contribution in [1.29, 1.82) is 0 Å². The number of likely N-dealkylation sites (tertiary alicyclic amines) is 1. The number of likely N-dealkylation sites (N-methyl/N-ethyl adjacent to an activating group) is 1. The quantitative estimate of drug-likeness (QED) is 0.592. The first-order chi connectivity index (χ1) is 8.23. The number of aliphatic carboxylic acids is 1. The van der Waals surface area contributed by atoms with Crippen LogP contribution >= 0.6 is 0 Å². The number of rotatable bonds is 5. The smallest absolute Gasteiger partial charge is 0.304 e. The summed E-state index contributed by atoms with van der Waals surface area (Å²) in [5, 5.41) is 8.40. The van der Waals surface area contributed by atoms with E-state index in [1.165, 1.54) is 7.05 Å². The summed E-state index contributed by atoms with van der Waals surface area (Å²) in [6, 6.07) is -0.994. The molecule has 8 nitrogen and oxygen atoms in total. The van der Waals surface area contributed by atoms with E-state index in [2.05, 4.69) is 4.72 Å². The minimum Gasteiger partial charge on any atom is -0.481 e. The van der Waals surface area contributed by atoms with Crippen molar-refractivity contribution in [3.8, 4) is 0 Å². The maximum absolute atomic E-state index is 11.6. The van der Waals surface area contributed by atoms with Gasteiger partial charge in [0.05, 0.1) is 12.2 Å². The van der Waals surface area contributed by atoms with E-state index in [-0.39, 0.29) is 18.7 Å². The maximum Gasteiger partial charge on any atom is 0.304 e. The van der Waals surface area contributed by atoms with E-state index in [4.69, 9.17) is 5.11 Å². The number of sulfonamides is 1. The van der Waals surface area contributed by atoms with Crippen molar-refractivity contribution in [2.24, 2.45) is 0 Å². The maximum atomic E-state index is 11.6. The van der Waals surface area contributed by atoms with Crippen LogP contribution in [0.2, 0.25) is 0 Å². The molecule has 0 bridgehead atoms. The minimum atomic E-state index is -3.84. The molecule has 1 saturated heterocycles. The molecule has 1 heterocycles. The van der Waals surface area contributed by atoms with Crippen LogP contribution in [0.3, 0.4) is 0 Å². The zero-order valence-corrected chi connectivity index (χ0v) is 10.6. The third-order valence-electron chi connectivity index (χ3n) is 2.56. The Morgan fingerprint density at radius 2 is 2.11 bits per heavy atom. The summed E-state index contributed by atoms with van der Waals surface area (Å²) in [6.45, 7) is 0. The second kappa shape index (κ2) is 5.44. The number of carboxylic acids is 1. The molecule has 0 saturated carbocycles. The summed E-state index contributed by atoms with van der Waals surface area (Å²) >= 11 is 0. The number of hydrogen-bond acceptors (Lipinski definition) is 5. The Bertz CT molecular complexity index is 471. The molecule has 1 fully saturated rings.